The maximum absolute atomic E-state index is 5.81. The van der Waals surface area contributed by atoms with E-state index in [9.17, 15) is 0 Å². The summed E-state index contributed by atoms with van der Waals surface area (Å²) in [6.45, 7) is 2.07. The van der Waals surface area contributed by atoms with Crippen LogP contribution in [0.1, 0.15) is 6.92 Å². The number of thioether (sulfide) groups is 1. The van der Waals surface area contributed by atoms with Crippen molar-refractivity contribution in [3.05, 3.63) is 34.5 Å². The van der Waals surface area contributed by atoms with Gasteiger partial charge in [-0.2, -0.15) is 0 Å². The molecular formula is C9H9ClN2S. The number of allylic oxidation sites excluding steroid dienone is 1. The van der Waals surface area contributed by atoms with Gasteiger partial charge in [0.2, 0.25) is 0 Å². The number of halogens is 1. The number of anilines is 1. The Labute approximate surface area is 86.6 Å². The second kappa shape index (κ2) is 3.60. The number of nitrogens with zero attached hydrogens (tertiary/aromatic N) is 2. The lowest BCUT2D eigenvalue weighted by atomic mass is 10.4. The number of hydrogen-bond donors (Lipinski definition) is 0. The minimum absolute atomic E-state index is 0.544. The molecule has 0 spiro atoms. The van der Waals surface area contributed by atoms with Crippen LogP contribution in [0, 0.1) is 0 Å². The van der Waals surface area contributed by atoms with E-state index in [1.54, 1.807) is 17.8 Å². The van der Waals surface area contributed by atoms with Crippen LogP contribution in [0.5, 0.6) is 0 Å². The Bertz CT molecular complexity index is 351. The molecule has 0 atom stereocenters. The second-order valence-corrected chi connectivity index (χ2v) is 4.02. The zero-order valence-electron chi connectivity index (χ0n) is 7.20. The summed E-state index contributed by atoms with van der Waals surface area (Å²) in [7, 11) is 0. The van der Waals surface area contributed by atoms with Gasteiger partial charge in [0, 0.05) is 5.70 Å². The SMILES string of the molecule is CC1=CSCN1c1cccc(Cl)n1. The summed E-state index contributed by atoms with van der Waals surface area (Å²) < 4.78 is 0. The van der Waals surface area contributed by atoms with Crippen molar-refractivity contribution in [1.82, 2.24) is 4.98 Å². The average Bonchev–Trinajstić information content (AvgIpc) is 2.51. The van der Waals surface area contributed by atoms with Crippen LogP contribution in [0.15, 0.2) is 29.3 Å². The minimum atomic E-state index is 0.544. The van der Waals surface area contributed by atoms with Gasteiger partial charge < -0.3 is 4.90 Å². The average molecular weight is 213 g/mol. The molecule has 0 bridgehead atoms. The highest BCUT2D eigenvalue weighted by atomic mass is 35.5. The van der Waals surface area contributed by atoms with Gasteiger partial charge in [0.1, 0.15) is 11.0 Å². The highest BCUT2D eigenvalue weighted by Crippen LogP contribution is 2.28. The molecule has 0 aromatic carbocycles. The maximum Gasteiger partial charge on any atom is 0.135 e. The molecule has 1 aliphatic heterocycles. The number of pyridine rings is 1. The topological polar surface area (TPSA) is 16.1 Å². The molecule has 68 valence electrons. The predicted octanol–water partition coefficient (Wildman–Crippen LogP) is 3.11. The van der Waals surface area contributed by atoms with E-state index in [1.807, 2.05) is 12.1 Å². The van der Waals surface area contributed by atoms with Crippen molar-refractivity contribution in [2.45, 2.75) is 6.92 Å². The largest absolute Gasteiger partial charge is 0.320 e. The fourth-order valence-corrected chi connectivity index (χ4v) is 2.28. The summed E-state index contributed by atoms with van der Waals surface area (Å²) in [5, 5.41) is 2.67. The molecule has 0 amide bonds. The standard InChI is InChI=1S/C9H9ClN2S/c1-7-5-13-6-12(7)9-4-2-3-8(10)11-9/h2-5H,6H2,1H3. The smallest absolute Gasteiger partial charge is 0.135 e. The molecule has 2 nitrogen and oxygen atoms in total. The Morgan fingerprint density at radius 2 is 2.38 bits per heavy atom. The van der Waals surface area contributed by atoms with Crippen molar-refractivity contribution in [3.8, 4) is 0 Å². The zero-order valence-corrected chi connectivity index (χ0v) is 8.77. The summed E-state index contributed by atoms with van der Waals surface area (Å²) in [6.07, 6.45) is 0. The zero-order chi connectivity index (χ0) is 9.26. The summed E-state index contributed by atoms with van der Waals surface area (Å²) in [6, 6.07) is 5.67. The quantitative estimate of drug-likeness (QED) is 0.666. The third-order valence-electron chi connectivity index (χ3n) is 1.86. The second-order valence-electron chi connectivity index (χ2n) is 2.80. The monoisotopic (exact) mass is 212 g/mol. The van der Waals surface area contributed by atoms with Crippen molar-refractivity contribution in [2.24, 2.45) is 0 Å². The summed E-state index contributed by atoms with van der Waals surface area (Å²) in [4.78, 5) is 6.38. The molecule has 2 rings (SSSR count). The molecule has 0 unspecified atom stereocenters. The van der Waals surface area contributed by atoms with E-state index in [1.165, 1.54) is 5.70 Å². The van der Waals surface area contributed by atoms with E-state index in [0.717, 1.165) is 11.7 Å². The van der Waals surface area contributed by atoms with E-state index >= 15 is 0 Å². The van der Waals surface area contributed by atoms with Crippen molar-refractivity contribution >= 4 is 29.2 Å². The fraction of sp³-hybridized carbons (Fsp3) is 0.222. The molecule has 4 heteroatoms. The summed E-state index contributed by atoms with van der Waals surface area (Å²) >= 11 is 7.58. The molecule has 0 radical (unpaired) electrons. The van der Waals surface area contributed by atoms with Crippen LogP contribution in [-0.2, 0) is 0 Å². The van der Waals surface area contributed by atoms with Gasteiger partial charge in [-0.15, -0.1) is 11.8 Å². The van der Waals surface area contributed by atoms with Crippen molar-refractivity contribution in [1.29, 1.82) is 0 Å². The maximum atomic E-state index is 5.81. The van der Waals surface area contributed by atoms with E-state index in [0.29, 0.717) is 5.15 Å². The highest BCUT2D eigenvalue weighted by molar-refractivity contribution is 8.02. The van der Waals surface area contributed by atoms with Crippen LogP contribution in [-0.4, -0.2) is 10.9 Å². The van der Waals surface area contributed by atoms with Crippen LogP contribution < -0.4 is 4.90 Å². The van der Waals surface area contributed by atoms with Crippen LogP contribution in [0.25, 0.3) is 0 Å². The first-order valence-corrected chi connectivity index (χ1v) is 5.38. The lowest BCUT2D eigenvalue weighted by Crippen LogP contribution is -2.16. The van der Waals surface area contributed by atoms with Crippen LogP contribution in [0.2, 0.25) is 5.15 Å². The number of rotatable bonds is 1. The van der Waals surface area contributed by atoms with Crippen LogP contribution in [0.4, 0.5) is 5.82 Å². The lowest BCUT2D eigenvalue weighted by Gasteiger charge is -2.17. The Kier molecular flexibility index (Phi) is 2.47. The van der Waals surface area contributed by atoms with Gasteiger partial charge in [-0.1, -0.05) is 17.7 Å². The lowest BCUT2D eigenvalue weighted by molar-refractivity contribution is 1.04. The molecule has 0 aliphatic carbocycles. The van der Waals surface area contributed by atoms with Crippen molar-refractivity contribution in [2.75, 3.05) is 10.8 Å². The first-order chi connectivity index (χ1) is 6.27. The normalized spacial score (nSPS) is 16.2. The van der Waals surface area contributed by atoms with Gasteiger partial charge in [0.05, 0.1) is 5.88 Å². The van der Waals surface area contributed by atoms with Gasteiger partial charge >= 0.3 is 0 Å². The Morgan fingerprint density at radius 3 is 3.00 bits per heavy atom. The van der Waals surface area contributed by atoms with Gasteiger partial charge in [-0.25, -0.2) is 4.98 Å². The first-order valence-electron chi connectivity index (χ1n) is 3.96. The van der Waals surface area contributed by atoms with Crippen LogP contribution in [0.3, 0.4) is 0 Å². The Morgan fingerprint density at radius 1 is 1.54 bits per heavy atom. The number of hydrogen-bond acceptors (Lipinski definition) is 3. The summed E-state index contributed by atoms with van der Waals surface area (Å²) in [5.74, 6) is 1.85. The minimum Gasteiger partial charge on any atom is -0.320 e. The molecule has 1 aromatic rings. The predicted molar refractivity (Wildman–Crippen MR) is 57.9 cm³/mol. The first kappa shape index (κ1) is 8.91. The molecule has 0 saturated heterocycles. The molecular weight excluding hydrogens is 204 g/mol. The third kappa shape index (κ3) is 1.81. The molecule has 13 heavy (non-hydrogen) atoms. The highest BCUT2D eigenvalue weighted by Gasteiger charge is 2.14. The van der Waals surface area contributed by atoms with Gasteiger partial charge in [-0.05, 0) is 24.5 Å². The third-order valence-corrected chi connectivity index (χ3v) is 2.99. The fourth-order valence-electron chi connectivity index (χ4n) is 1.19. The Hall–Kier alpha value is -0.670. The van der Waals surface area contributed by atoms with Crippen molar-refractivity contribution in [3.63, 3.8) is 0 Å². The van der Waals surface area contributed by atoms with Gasteiger partial charge in [0.15, 0.2) is 0 Å². The summed E-state index contributed by atoms with van der Waals surface area (Å²) in [5.41, 5.74) is 1.22. The molecule has 2 heterocycles. The van der Waals surface area contributed by atoms with Gasteiger partial charge in [0.25, 0.3) is 0 Å². The molecule has 1 aliphatic rings. The van der Waals surface area contributed by atoms with E-state index in [4.69, 9.17) is 11.6 Å². The van der Waals surface area contributed by atoms with Crippen LogP contribution >= 0.6 is 23.4 Å². The molecule has 0 saturated carbocycles. The molecule has 0 N–H and O–H groups in total. The molecule has 0 fully saturated rings. The number of aromatic nitrogens is 1. The van der Waals surface area contributed by atoms with E-state index in [-0.39, 0.29) is 0 Å². The van der Waals surface area contributed by atoms with E-state index < -0.39 is 0 Å². The molecule has 1 aromatic heterocycles. The van der Waals surface area contributed by atoms with Gasteiger partial charge in [-0.3, -0.25) is 0 Å². The van der Waals surface area contributed by atoms with E-state index in [2.05, 4.69) is 22.2 Å². The van der Waals surface area contributed by atoms with Crippen molar-refractivity contribution < 1.29 is 0 Å². The Balaban J connectivity index is 2.30.